The van der Waals surface area contributed by atoms with E-state index in [1.54, 1.807) is 24.1 Å². The van der Waals surface area contributed by atoms with E-state index in [0.717, 1.165) is 0 Å². The van der Waals surface area contributed by atoms with Gasteiger partial charge >= 0.3 is 0 Å². The number of hydrogen-bond donors (Lipinski definition) is 1. The Bertz CT molecular complexity index is 363. The van der Waals surface area contributed by atoms with Crippen LogP contribution in [0.5, 0.6) is 0 Å². The molecule has 0 aliphatic heterocycles. The van der Waals surface area contributed by atoms with Crippen molar-refractivity contribution in [1.29, 1.82) is 0 Å². The summed E-state index contributed by atoms with van der Waals surface area (Å²) in [6.45, 7) is 4.99. The molecule has 94 valence electrons. The summed E-state index contributed by atoms with van der Waals surface area (Å²) in [6.07, 6.45) is 1.65. The average molecular weight is 237 g/mol. The molecule has 0 spiro atoms. The standard InChI is InChI=1S/C12H19N3O2/c1-9(2)17-7-6-15(3)12(16)11-5-4-10(13)8-14-11/h4-5,8-9H,6-7,13H2,1-3H3. The molecule has 0 radical (unpaired) electrons. The topological polar surface area (TPSA) is 68.5 Å². The number of aromatic nitrogens is 1. The number of nitrogen functional groups attached to an aromatic ring is 1. The van der Waals surface area contributed by atoms with Gasteiger partial charge in [-0.25, -0.2) is 4.98 Å². The molecular formula is C12H19N3O2. The summed E-state index contributed by atoms with van der Waals surface area (Å²) in [7, 11) is 1.73. The van der Waals surface area contributed by atoms with Crippen molar-refractivity contribution in [2.45, 2.75) is 20.0 Å². The number of rotatable bonds is 5. The van der Waals surface area contributed by atoms with Crippen LogP contribution >= 0.6 is 0 Å². The fraction of sp³-hybridized carbons (Fsp3) is 0.500. The molecule has 2 N–H and O–H groups in total. The second kappa shape index (κ2) is 6.20. The maximum Gasteiger partial charge on any atom is 0.272 e. The van der Waals surface area contributed by atoms with Crippen molar-refractivity contribution in [1.82, 2.24) is 9.88 Å². The summed E-state index contributed by atoms with van der Waals surface area (Å²) in [6, 6.07) is 3.29. The van der Waals surface area contributed by atoms with Gasteiger partial charge in [-0.2, -0.15) is 0 Å². The SMILES string of the molecule is CC(C)OCCN(C)C(=O)c1ccc(N)cn1. The maximum absolute atomic E-state index is 11.9. The Hall–Kier alpha value is -1.62. The van der Waals surface area contributed by atoms with Crippen molar-refractivity contribution in [3.63, 3.8) is 0 Å². The van der Waals surface area contributed by atoms with Crippen LogP contribution in [0.15, 0.2) is 18.3 Å². The molecule has 1 heterocycles. The van der Waals surface area contributed by atoms with Crippen molar-refractivity contribution in [2.24, 2.45) is 0 Å². The molecule has 0 fully saturated rings. The van der Waals surface area contributed by atoms with Gasteiger partial charge in [0.15, 0.2) is 0 Å². The zero-order valence-corrected chi connectivity index (χ0v) is 10.5. The summed E-state index contributed by atoms with van der Waals surface area (Å²) in [4.78, 5) is 17.5. The quantitative estimate of drug-likeness (QED) is 0.834. The smallest absolute Gasteiger partial charge is 0.272 e. The fourth-order valence-corrected chi connectivity index (χ4v) is 1.25. The lowest BCUT2D eigenvalue weighted by molar-refractivity contribution is 0.0529. The molecule has 1 rings (SSSR count). The van der Waals surface area contributed by atoms with Crippen molar-refractivity contribution in [3.05, 3.63) is 24.0 Å². The predicted octanol–water partition coefficient (Wildman–Crippen LogP) is 1.16. The monoisotopic (exact) mass is 237 g/mol. The Morgan fingerprint density at radius 1 is 1.53 bits per heavy atom. The van der Waals surface area contributed by atoms with Gasteiger partial charge in [0.1, 0.15) is 5.69 Å². The predicted molar refractivity (Wildman–Crippen MR) is 66.7 cm³/mol. The zero-order chi connectivity index (χ0) is 12.8. The molecule has 5 heteroatoms. The summed E-state index contributed by atoms with van der Waals surface area (Å²) in [5, 5.41) is 0. The van der Waals surface area contributed by atoms with E-state index >= 15 is 0 Å². The second-order valence-corrected chi connectivity index (χ2v) is 4.12. The summed E-state index contributed by atoms with van der Waals surface area (Å²) in [5.74, 6) is -0.127. The Morgan fingerprint density at radius 3 is 2.76 bits per heavy atom. The number of carbonyl (C=O) groups excluding carboxylic acids is 1. The number of ether oxygens (including phenoxy) is 1. The average Bonchev–Trinajstić information content (AvgIpc) is 2.28. The van der Waals surface area contributed by atoms with E-state index in [1.165, 1.54) is 6.20 Å². The van der Waals surface area contributed by atoms with Gasteiger partial charge in [-0.15, -0.1) is 0 Å². The number of likely N-dealkylation sites (N-methyl/N-ethyl adjacent to an activating group) is 1. The van der Waals surface area contributed by atoms with E-state index in [1.807, 2.05) is 13.8 Å². The van der Waals surface area contributed by atoms with Crippen LogP contribution in [0, 0.1) is 0 Å². The van der Waals surface area contributed by atoms with E-state index in [2.05, 4.69) is 4.98 Å². The highest BCUT2D eigenvalue weighted by Crippen LogP contribution is 2.04. The third kappa shape index (κ3) is 4.40. The summed E-state index contributed by atoms with van der Waals surface area (Å²) >= 11 is 0. The first kappa shape index (κ1) is 13.4. The van der Waals surface area contributed by atoms with Gasteiger partial charge in [0.2, 0.25) is 0 Å². The largest absolute Gasteiger partial charge is 0.397 e. The normalized spacial score (nSPS) is 10.6. The summed E-state index contributed by atoms with van der Waals surface area (Å²) in [5.41, 5.74) is 6.45. The highest BCUT2D eigenvalue weighted by Gasteiger charge is 2.12. The van der Waals surface area contributed by atoms with Crippen molar-refractivity contribution >= 4 is 11.6 Å². The molecule has 1 aromatic rings. The molecule has 0 unspecified atom stereocenters. The summed E-state index contributed by atoms with van der Waals surface area (Å²) < 4.78 is 5.38. The number of anilines is 1. The first-order chi connectivity index (χ1) is 8.00. The van der Waals surface area contributed by atoms with E-state index in [9.17, 15) is 4.79 Å². The first-order valence-electron chi connectivity index (χ1n) is 5.59. The minimum absolute atomic E-state index is 0.127. The second-order valence-electron chi connectivity index (χ2n) is 4.12. The zero-order valence-electron chi connectivity index (χ0n) is 10.5. The number of nitrogens with two attached hydrogens (primary N) is 1. The van der Waals surface area contributed by atoms with E-state index in [-0.39, 0.29) is 12.0 Å². The van der Waals surface area contributed by atoms with E-state index in [4.69, 9.17) is 10.5 Å². The van der Waals surface area contributed by atoms with Gasteiger partial charge in [-0.05, 0) is 26.0 Å². The van der Waals surface area contributed by atoms with Crippen LogP contribution in [0.4, 0.5) is 5.69 Å². The molecule has 0 saturated carbocycles. The molecular weight excluding hydrogens is 218 g/mol. The molecule has 0 atom stereocenters. The van der Waals surface area contributed by atoms with Crippen LogP contribution < -0.4 is 5.73 Å². The highest BCUT2D eigenvalue weighted by atomic mass is 16.5. The van der Waals surface area contributed by atoms with E-state index in [0.29, 0.717) is 24.5 Å². The van der Waals surface area contributed by atoms with Gasteiger partial charge in [0.05, 0.1) is 24.6 Å². The van der Waals surface area contributed by atoms with Gasteiger partial charge in [-0.1, -0.05) is 0 Å². The number of pyridine rings is 1. The van der Waals surface area contributed by atoms with Gasteiger partial charge in [0, 0.05) is 13.6 Å². The first-order valence-corrected chi connectivity index (χ1v) is 5.59. The minimum Gasteiger partial charge on any atom is -0.397 e. The lowest BCUT2D eigenvalue weighted by Crippen LogP contribution is -2.31. The van der Waals surface area contributed by atoms with Gasteiger partial charge < -0.3 is 15.4 Å². The Kier molecular flexibility index (Phi) is 4.90. The van der Waals surface area contributed by atoms with Crippen molar-refractivity contribution < 1.29 is 9.53 Å². The van der Waals surface area contributed by atoms with E-state index < -0.39 is 0 Å². The molecule has 1 amide bonds. The molecule has 0 aromatic carbocycles. The molecule has 0 aliphatic rings. The molecule has 1 aromatic heterocycles. The van der Waals surface area contributed by atoms with Crippen molar-refractivity contribution in [3.8, 4) is 0 Å². The van der Waals surface area contributed by atoms with Gasteiger partial charge in [-0.3, -0.25) is 4.79 Å². The molecule has 5 nitrogen and oxygen atoms in total. The van der Waals surface area contributed by atoms with Crippen molar-refractivity contribution in [2.75, 3.05) is 25.9 Å². The van der Waals surface area contributed by atoms with Crippen LogP contribution in [-0.4, -0.2) is 42.1 Å². The number of nitrogens with zero attached hydrogens (tertiary/aromatic N) is 2. The third-order valence-electron chi connectivity index (χ3n) is 2.23. The number of carbonyl (C=O) groups is 1. The number of amides is 1. The Labute approximate surface area is 102 Å². The molecule has 0 saturated heterocycles. The van der Waals surface area contributed by atoms with Crippen LogP contribution in [0.1, 0.15) is 24.3 Å². The Morgan fingerprint density at radius 2 is 2.24 bits per heavy atom. The Balaban J connectivity index is 2.49. The highest BCUT2D eigenvalue weighted by molar-refractivity contribution is 5.92. The maximum atomic E-state index is 11.9. The molecule has 0 aliphatic carbocycles. The fourth-order valence-electron chi connectivity index (χ4n) is 1.25. The lowest BCUT2D eigenvalue weighted by atomic mass is 10.3. The minimum atomic E-state index is -0.127. The molecule has 0 bridgehead atoms. The lowest BCUT2D eigenvalue weighted by Gasteiger charge is -2.17. The van der Waals surface area contributed by atoms with Crippen LogP contribution in [0.3, 0.4) is 0 Å². The third-order valence-corrected chi connectivity index (χ3v) is 2.23. The van der Waals surface area contributed by atoms with Gasteiger partial charge in [0.25, 0.3) is 5.91 Å². The number of hydrogen-bond acceptors (Lipinski definition) is 4. The van der Waals surface area contributed by atoms with Crippen LogP contribution in [0.25, 0.3) is 0 Å². The van der Waals surface area contributed by atoms with Crippen LogP contribution in [0.2, 0.25) is 0 Å². The van der Waals surface area contributed by atoms with Crippen LogP contribution in [-0.2, 0) is 4.74 Å². The molecule has 17 heavy (non-hydrogen) atoms.